The van der Waals surface area contributed by atoms with Crippen LogP contribution in [0.2, 0.25) is 0 Å². The number of nitrogens with one attached hydrogen (secondary N) is 1. The summed E-state index contributed by atoms with van der Waals surface area (Å²) in [6, 6.07) is 3.35. The quantitative estimate of drug-likeness (QED) is 0.840. The Kier molecular flexibility index (Phi) is 5.05. The summed E-state index contributed by atoms with van der Waals surface area (Å²) in [4.78, 5) is 15.9. The first-order valence-corrected chi connectivity index (χ1v) is 7.48. The molecular formula is C14H19BrN2O4. The molecule has 2 rings (SSSR count). The maximum absolute atomic E-state index is 11.8. The molecule has 0 unspecified atom stereocenters. The number of carbonyl (C=O) groups is 1. The first-order chi connectivity index (χ1) is 9.83. The molecule has 0 aromatic carbocycles. The van der Waals surface area contributed by atoms with Crippen LogP contribution in [0.15, 0.2) is 22.9 Å². The van der Waals surface area contributed by atoms with Gasteiger partial charge in [-0.3, -0.25) is 0 Å². The molecule has 6 nitrogen and oxygen atoms in total. The summed E-state index contributed by atoms with van der Waals surface area (Å²) >= 11 is 3.27. The van der Waals surface area contributed by atoms with Crippen molar-refractivity contribution in [1.82, 2.24) is 10.3 Å². The van der Waals surface area contributed by atoms with Crippen molar-refractivity contribution >= 4 is 22.0 Å². The van der Waals surface area contributed by atoms with Crippen molar-refractivity contribution in [2.75, 3.05) is 13.2 Å². The monoisotopic (exact) mass is 358 g/mol. The van der Waals surface area contributed by atoms with E-state index in [0.717, 1.165) is 4.60 Å². The normalized spacial score (nSPS) is 21.9. The Morgan fingerprint density at radius 3 is 2.81 bits per heavy atom. The lowest BCUT2D eigenvalue weighted by molar-refractivity contribution is 0.0472. The van der Waals surface area contributed by atoms with Crippen molar-refractivity contribution < 1.29 is 19.0 Å². The molecule has 1 saturated heterocycles. The molecule has 2 heterocycles. The number of nitrogens with zero attached hydrogens (tertiary/aromatic N) is 1. The predicted octanol–water partition coefficient (Wildman–Crippen LogP) is 2.52. The number of pyridine rings is 1. The third-order valence-electron chi connectivity index (χ3n) is 2.72. The Balaban J connectivity index is 1.91. The van der Waals surface area contributed by atoms with Crippen LogP contribution in [0, 0.1) is 0 Å². The maximum atomic E-state index is 11.8. The van der Waals surface area contributed by atoms with Gasteiger partial charge >= 0.3 is 6.09 Å². The van der Waals surface area contributed by atoms with Crippen LogP contribution in [0.3, 0.4) is 0 Å². The molecular weight excluding hydrogens is 340 g/mol. The van der Waals surface area contributed by atoms with Crippen molar-refractivity contribution in [3.63, 3.8) is 0 Å². The van der Waals surface area contributed by atoms with Crippen molar-refractivity contribution in [3.05, 3.63) is 22.9 Å². The number of hydrogen-bond donors (Lipinski definition) is 1. The van der Waals surface area contributed by atoms with E-state index in [0.29, 0.717) is 19.0 Å². The van der Waals surface area contributed by atoms with Gasteiger partial charge in [0.1, 0.15) is 22.1 Å². The molecule has 1 aromatic heterocycles. The van der Waals surface area contributed by atoms with Crippen LogP contribution in [-0.4, -0.2) is 42.0 Å². The zero-order valence-corrected chi connectivity index (χ0v) is 13.8. The molecule has 1 aromatic rings. The number of ether oxygens (including phenoxy) is 3. The van der Waals surface area contributed by atoms with Crippen molar-refractivity contribution in [2.24, 2.45) is 0 Å². The van der Waals surface area contributed by atoms with Gasteiger partial charge in [-0.1, -0.05) is 0 Å². The van der Waals surface area contributed by atoms with Gasteiger partial charge in [-0.05, 0) is 48.8 Å². The van der Waals surface area contributed by atoms with Crippen molar-refractivity contribution in [1.29, 1.82) is 0 Å². The average Bonchev–Trinajstić information content (AvgIpc) is 2.77. The number of rotatable bonds is 3. The lowest BCUT2D eigenvalue weighted by Gasteiger charge is -2.24. The van der Waals surface area contributed by atoms with Gasteiger partial charge in [0.2, 0.25) is 0 Å². The molecule has 1 amide bonds. The van der Waals surface area contributed by atoms with Crippen LogP contribution in [0.25, 0.3) is 0 Å². The van der Waals surface area contributed by atoms with E-state index >= 15 is 0 Å². The number of alkyl carbamates (subject to hydrolysis) is 1. The zero-order chi connectivity index (χ0) is 15.5. The average molecular weight is 359 g/mol. The Hall–Kier alpha value is -1.34. The first kappa shape index (κ1) is 16.0. The number of hydrogen-bond acceptors (Lipinski definition) is 5. The molecule has 1 fully saturated rings. The molecule has 1 N–H and O–H groups in total. The summed E-state index contributed by atoms with van der Waals surface area (Å²) in [7, 11) is 0. The molecule has 2 atom stereocenters. The number of aromatic nitrogens is 1. The fourth-order valence-electron chi connectivity index (χ4n) is 1.85. The number of carbonyl (C=O) groups excluding carboxylic acids is 1. The molecule has 0 radical (unpaired) electrons. The fourth-order valence-corrected chi connectivity index (χ4v) is 2.09. The molecule has 21 heavy (non-hydrogen) atoms. The van der Waals surface area contributed by atoms with Crippen LogP contribution in [0.1, 0.15) is 20.8 Å². The topological polar surface area (TPSA) is 69.7 Å². The molecule has 0 bridgehead atoms. The van der Waals surface area contributed by atoms with Crippen molar-refractivity contribution in [3.8, 4) is 5.75 Å². The fraction of sp³-hybridized carbons (Fsp3) is 0.571. The standard InChI is InChI=1S/C14H19BrN2O4/c1-14(2,3)21-13(18)17-10-7-19-8-11(10)20-9-4-5-12(15)16-6-9/h4-6,10-11H,7-8H2,1-3H3,(H,17,18)/t10-,11+/m0/s1. The van der Waals surface area contributed by atoms with E-state index in [-0.39, 0.29) is 12.1 Å². The minimum atomic E-state index is -0.532. The predicted molar refractivity (Wildman–Crippen MR) is 80.3 cm³/mol. The van der Waals surface area contributed by atoms with Gasteiger partial charge in [0.15, 0.2) is 0 Å². The first-order valence-electron chi connectivity index (χ1n) is 6.69. The Morgan fingerprint density at radius 2 is 2.19 bits per heavy atom. The van der Waals surface area contributed by atoms with E-state index in [4.69, 9.17) is 14.2 Å². The highest BCUT2D eigenvalue weighted by Gasteiger charge is 2.32. The Labute approximate surface area is 132 Å². The smallest absolute Gasteiger partial charge is 0.408 e. The summed E-state index contributed by atoms with van der Waals surface area (Å²) in [5.41, 5.74) is -0.532. The molecule has 0 aliphatic carbocycles. The minimum absolute atomic E-state index is 0.247. The third kappa shape index (κ3) is 5.17. The largest absolute Gasteiger partial charge is 0.484 e. The summed E-state index contributed by atoms with van der Waals surface area (Å²) < 4.78 is 17.1. The van der Waals surface area contributed by atoms with E-state index in [9.17, 15) is 4.79 Å². The second-order valence-electron chi connectivity index (χ2n) is 5.76. The summed E-state index contributed by atoms with van der Waals surface area (Å²) in [6.45, 7) is 6.27. The van der Waals surface area contributed by atoms with Gasteiger partial charge in [0, 0.05) is 0 Å². The second kappa shape index (κ2) is 6.62. The summed E-state index contributed by atoms with van der Waals surface area (Å²) in [6.07, 6.45) is 0.883. The van der Waals surface area contributed by atoms with E-state index in [1.807, 2.05) is 20.8 Å². The highest BCUT2D eigenvalue weighted by atomic mass is 79.9. The molecule has 1 aliphatic rings. The summed E-state index contributed by atoms with van der Waals surface area (Å²) in [5.74, 6) is 0.629. The van der Waals surface area contributed by atoms with Crippen LogP contribution in [0.4, 0.5) is 4.79 Å². The van der Waals surface area contributed by atoms with Crippen LogP contribution < -0.4 is 10.1 Å². The van der Waals surface area contributed by atoms with Gasteiger partial charge in [0.25, 0.3) is 0 Å². The SMILES string of the molecule is CC(C)(C)OC(=O)N[C@H]1COC[C@H]1Oc1ccc(Br)nc1. The van der Waals surface area contributed by atoms with Gasteiger partial charge < -0.3 is 19.5 Å². The maximum Gasteiger partial charge on any atom is 0.408 e. The summed E-state index contributed by atoms with van der Waals surface area (Å²) in [5, 5.41) is 2.78. The zero-order valence-electron chi connectivity index (χ0n) is 12.3. The van der Waals surface area contributed by atoms with Crippen molar-refractivity contribution in [2.45, 2.75) is 38.5 Å². The van der Waals surface area contributed by atoms with Crippen LogP contribution >= 0.6 is 15.9 Å². The molecule has 0 saturated carbocycles. The Morgan fingerprint density at radius 1 is 1.43 bits per heavy atom. The third-order valence-corrected chi connectivity index (χ3v) is 3.19. The number of amides is 1. The lowest BCUT2D eigenvalue weighted by atomic mass is 10.2. The second-order valence-corrected chi connectivity index (χ2v) is 6.58. The van der Waals surface area contributed by atoms with E-state index in [1.165, 1.54) is 0 Å². The highest BCUT2D eigenvalue weighted by Crippen LogP contribution is 2.18. The van der Waals surface area contributed by atoms with Gasteiger partial charge in [-0.2, -0.15) is 0 Å². The molecule has 0 spiro atoms. The minimum Gasteiger partial charge on any atom is -0.484 e. The Bertz CT molecular complexity index is 487. The van der Waals surface area contributed by atoms with Crippen LogP contribution in [-0.2, 0) is 9.47 Å². The molecule has 116 valence electrons. The number of halogens is 1. The van der Waals surface area contributed by atoms with Gasteiger partial charge in [0.05, 0.1) is 25.5 Å². The van der Waals surface area contributed by atoms with Crippen LogP contribution in [0.5, 0.6) is 5.75 Å². The van der Waals surface area contributed by atoms with Gasteiger partial charge in [-0.15, -0.1) is 0 Å². The lowest BCUT2D eigenvalue weighted by Crippen LogP contribution is -2.46. The van der Waals surface area contributed by atoms with E-state index in [2.05, 4.69) is 26.2 Å². The van der Waals surface area contributed by atoms with Gasteiger partial charge in [-0.25, -0.2) is 9.78 Å². The highest BCUT2D eigenvalue weighted by molar-refractivity contribution is 9.10. The molecule has 1 aliphatic heterocycles. The van der Waals surface area contributed by atoms with E-state index in [1.54, 1.807) is 18.3 Å². The van der Waals surface area contributed by atoms with E-state index < -0.39 is 11.7 Å². The molecule has 7 heteroatoms.